The van der Waals surface area contributed by atoms with Crippen LogP contribution in [-0.2, 0) is 15.6 Å². The van der Waals surface area contributed by atoms with Crippen LogP contribution < -0.4 is 5.32 Å². The predicted molar refractivity (Wildman–Crippen MR) is 135 cm³/mol. The third kappa shape index (κ3) is 5.38. The van der Waals surface area contributed by atoms with E-state index in [1.54, 1.807) is 6.92 Å². The average molecular weight is 431 g/mol. The molecular weight excluding hydrogens is 392 g/mol. The maximum absolute atomic E-state index is 12.3. The summed E-state index contributed by atoms with van der Waals surface area (Å²) in [5, 5.41) is 4.40. The molecule has 3 rings (SSSR count). The second-order valence-electron chi connectivity index (χ2n) is 11.0. The smallest absolute Gasteiger partial charge is 0.217 e. The van der Waals surface area contributed by atoms with Gasteiger partial charge in [-0.25, -0.2) is 0 Å². The van der Waals surface area contributed by atoms with Gasteiger partial charge in [-0.3, -0.25) is 9.78 Å². The van der Waals surface area contributed by atoms with E-state index in [0.29, 0.717) is 0 Å². The first-order valence-corrected chi connectivity index (χ1v) is 11.7. The van der Waals surface area contributed by atoms with Crippen LogP contribution in [0.1, 0.15) is 96.2 Å². The molecule has 1 N–H and O–H groups in total. The average Bonchev–Trinajstić information content (AvgIpc) is 2.71. The van der Waals surface area contributed by atoms with E-state index in [1.807, 2.05) is 12.1 Å². The Morgan fingerprint density at radius 2 is 1.50 bits per heavy atom. The minimum absolute atomic E-state index is 0.0136. The molecule has 2 aromatic carbocycles. The molecule has 170 valence electrons. The number of amides is 1. The summed E-state index contributed by atoms with van der Waals surface area (Å²) in [6.45, 7) is 17.2. The van der Waals surface area contributed by atoms with Crippen molar-refractivity contribution < 1.29 is 4.79 Å². The lowest BCUT2D eigenvalue weighted by Crippen LogP contribution is -2.32. The SMILES string of the molecule is CC[C@@H](c1ccc2ccccc2n1)[C@@H](NC(C)=O)c1cc(C(C)(C)C)cc(C(C)(C)C)c1. The third-order valence-electron chi connectivity index (χ3n) is 6.25. The van der Waals surface area contributed by atoms with E-state index in [2.05, 4.69) is 96.2 Å². The van der Waals surface area contributed by atoms with E-state index in [-0.39, 0.29) is 28.7 Å². The molecule has 0 aliphatic rings. The summed E-state index contributed by atoms with van der Waals surface area (Å²) < 4.78 is 0. The van der Waals surface area contributed by atoms with Gasteiger partial charge in [0, 0.05) is 23.9 Å². The number of nitrogens with zero attached hydrogens (tertiary/aromatic N) is 1. The Morgan fingerprint density at radius 3 is 2.03 bits per heavy atom. The van der Waals surface area contributed by atoms with Gasteiger partial charge < -0.3 is 5.32 Å². The van der Waals surface area contributed by atoms with Crippen LogP contribution in [-0.4, -0.2) is 10.9 Å². The van der Waals surface area contributed by atoms with Gasteiger partial charge >= 0.3 is 0 Å². The van der Waals surface area contributed by atoms with E-state index >= 15 is 0 Å². The molecule has 0 radical (unpaired) electrons. The molecule has 3 heteroatoms. The van der Waals surface area contributed by atoms with E-state index in [0.717, 1.165) is 28.6 Å². The number of nitrogens with one attached hydrogen (secondary N) is 1. The minimum atomic E-state index is -0.144. The third-order valence-corrected chi connectivity index (χ3v) is 6.25. The fourth-order valence-corrected chi connectivity index (χ4v) is 4.24. The molecular formula is C29H38N2O. The van der Waals surface area contributed by atoms with Gasteiger partial charge in [-0.2, -0.15) is 0 Å². The van der Waals surface area contributed by atoms with Crippen molar-refractivity contribution in [2.24, 2.45) is 0 Å². The highest BCUT2D eigenvalue weighted by Crippen LogP contribution is 2.38. The molecule has 2 atom stereocenters. The molecule has 0 aliphatic carbocycles. The Bertz CT molecular complexity index is 1070. The fraction of sp³-hybridized carbons (Fsp3) is 0.448. The van der Waals surface area contributed by atoms with Crippen LogP contribution in [0.4, 0.5) is 0 Å². The summed E-state index contributed by atoms with van der Waals surface area (Å²) in [6, 6.07) is 19.2. The second-order valence-corrected chi connectivity index (χ2v) is 11.0. The van der Waals surface area contributed by atoms with Gasteiger partial charge in [-0.15, -0.1) is 0 Å². The lowest BCUT2D eigenvalue weighted by molar-refractivity contribution is -0.119. The summed E-state index contributed by atoms with van der Waals surface area (Å²) in [6.07, 6.45) is 0.876. The molecule has 0 bridgehead atoms. The zero-order valence-corrected chi connectivity index (χ0v) is 20.9. The van der Waals surface area contributed by atoms with Crippen LogP contribution in [0.15, 0.2) is 54.6 Å². The minimum Gasteiger partial charge on any atom is -0.349 e. The molecule has 1 amide bonds. The van der Waals surface area contributed by atoms with Gasteiger partial charge in [0.05, 0.1) is 11.6 Å². The Hall–Kier alpha value is -2.68. The standard InChI is InChI=1S/C29H38N2O/c1-9-24(26-15-14-20-12-10-11-13-25(20)31-26)27(30-19(2)32)21-16-22(28(3,4)5)18-23(17-21)29(6,7)8/h10-18,24,27H,9H2,1-8H3,(H,30,32)/t24-,27-/m0/s1. The molecule has 3 aromatic rings. The van der Waals surface area contributed by atoms with Crippen molar-refractivity contribution in [2.75, 3.05) is 0 Å². The summed E-state index contributed by atoms with van der Waals surface area (Å²) >= 11 is 0. The zero-order valence-electron chi connectivity index (χ0n) is 20.9. The molecule has 0 spiro atoms. The van der Waals surface area contributed by atoms with E-state index in [9.17, 15) is 4.79 Å². The first kappa shape index (κ1) is 24.0. The zero-order chi connectivity index (χ0) is 23.7. The number of hydrogen-bond acceptors (Lipinski definition) is 2. The largest absolute Gasteiger partial charge is 0.349 e. The number of benzene rings is 2. The van der Waals surface area contributed by atoms with E-state index in [4.69, 9.17) is 4.98 Å². The van der Waals surface area contributed by atoms with Crippen molar-refractivity contribution in [3.8, 4) is 0 Å². The normalized spacial score (nSPS) is 14.2. The summed E-state index contributed by atoms with van der Waals surface area (Å²) in [5.74, 6) is 0.0549. The Balaban J connectivity index is 2.18. The number of pyridine rings is 1. The monoisotopic (exact) mass is 430 g/mol. The van der Waals surface area contributed by atoms with Crippen molar-refractivity contribution in [1.82, 2.24) is 10.3 Å². The molecule has 0 fully saturated rings. The lowest BCUT2D eigenvalue weighted by Gasteiger charge is -2.31. The molecule has 0 aliphatic heterocycles. The van der Waals surface area contributed by atoms with Crippen molar-refractivity contribution in [3.05, 3.63) is 77.0 Å². The number of hydrogen-bond donors (Lipinski definition) is 1. The van der Waals surface area contributed by atoms with Crippen LogP contribution in [0.2, 0.25) is 0 Å². The molecule has 1 heterocycles. The summed E-state index contributed by atoms with van der Waals surface area (Å²) in [5.41, 5.74) is 5.76. The number of aromatic nitrogens is 1. The number of carbonyl (C=O) groups is 1. The van der Waals surface area contributed by atoms with Crippen molar-refractivity contribution >= 4 is 16.8 Å². The Kier molecular flexibility index (Phi) is 6.78. The van der Waals surface area contributed by atoms with Crippen LogP contribution >= 0.6 is 0 Å². The highest BCUT2D eigenvalue weighted by atomic mass is 16.1. The molecule has 0 saturated heterocycles. The molecule has 32 heavy (non-hydrogen) atoms. The van der Waals surface area contributed by atoms with Gasteiger partial charge in [-0.05, 0) is 46.1 Å². The van der Waals surface area contributed by atoms with E-state index < -0.39 is 0 Å². The van der Waals surface area contributed by atoms with E-state index in [1.165, 1.54) is 11.1 Å². The van der Waals surface area contributed by atoms with Crippen molar-refractivity contribution in [3.63, 3.8) is 0 Å². The van der Waals surface area contributed by atoms with Gasteiger partial charge in [0.25, 0.3) is 0 Å². The van der Waals surface area contributed by atoms with Crippen LogP contribution in [0.5, 0.6) is 0 Å². The highest BCUT2D eigenvalue weighted by molar-refractivity contribution is 5.78. The number of fused-ring (bicyclic) bond motifs is 1. The van der Waals surface area contributed by atoms with Crippen molar-refractivity contribution in [1.29, 1.82) is 0 Å². The molecule has 3 nitrogen and oxygen atoms in total. The van der Waals surface area contributed by atoms with Crippen LogP contribution in [0.25, 0.3) is 10.9 Å². The van der Waals surface area contributed by atoms with Gasteiger partial charge in [-0.1, -0.05) is 90.9 Å². The summed E-state index contributed by atoms with van der Waals surface area (Å²) in [4.78, 5) is 17.3. The molecule has 0 saturated carbocycles. The van der Waals surface area contributed by atoms with Gasteiger partial charge in [0.2, 0.25) is 5.91 Å². The lowest BCUT2D eigenvalue weighted by atomic mass is 9.77. The first-order chi connectivity index (χ1) is 14.9. The molecule has 0 unspecified atom stereocenters. The Labute approximate surface area is 193 Å². The van der Waals surface area contributed by atoms with Crippen LogP contribution in [0, 0.1) is 0 Å². The predicted octanol–water partition coefficient (Wildman–Crippen LogP) is 7.20. The maximum atomic E-state index is 12.3. The number of rotatable bonds is 5. The topological polar surface area (TPSA) is 42.0 Å². The number of carbonyl (C=O) groups excluding carboxylic acids is 1. The highest BCUT2D eigenvalue weighted by Gasteiger charge is 2.29. The van der Waals surface area contributed by atoms with Gasteiger partial charge in [0.1, 0.15) is 0 Å². The van der Waals surface area contributed by atoms with Crippen molar-refractivity contribution in [2.45, 2.75) is 84.6 Å². The number of para-hydroxylation sites is 1. The second kappa shape index (κ2) is 9.05. The van der Waals surface area contributed by atoms with Crippen LogP contribution in [0.3, 0.4) is 0 Å². The maximum Gasteiger partial charge on any atom is 0.217 e. The quantitative estimate of drug-likeness (QED) is 0.465. The first-order valence-electron chi connectivity index (χ1n) is 11.7. The fourth-order valence-electron chi connectivity index (χ4n) is 4.24. The summed E-state index contributed by atoms with van der Waals surface area (Å²) in [7, 11) is 0. The Morgan fingerprint density at radius 1 is 0.906 bits per heavy atom. The van der Waals surface area contributed by atoms with Gasteiger partial charge in [0.15, 0.2) is 0 Å². The molecule has 1 aromatic heterocycles.